The first kappa shape index (κ1) is 22.0. The summed E-state index contributed by atoms with van der Waals surface area (Å²) in [6, 6.07) is 0. The van der Waals surface area contributed by atoms with Crippen LogP contribution in [0.4, 0.5) is 0 Å². The third-order valence-corrected chi connectivity index (χ3v) is 5.97. The topological polar surface area (TPSA) is 119 Å². The molecule has 30 heavy (non-hydrogen) atoms. The molecule has 0 aromatic rings. The normalized spacial score (nSPS) is 33.3. The van der Waals surface area contributed by atoms with E-state index < -0.39 is 48.7 Å². The maximum atomic E-state index is 12.7. The van der Waals surface area contributed by atoms with Crippen LogP contribution in [0.5, 0.6) is 0 Å². The molecule has 1 saturated carbocycles. The van der Waals surface area contributed by atoms with Gasteiger partial charge in [0.15, 0.2) is 0 Å². The first-order chi connectivity index (χ1) is 14.1. The van der Waals surface area contributed by atoms with E-state index in [4.69, 9.17) is 14.2 Å². The third-order valence-electron chi connectivity index (χ3n) is 5.97. The van der Waals surface area contributed by atoms with Crippen molar-refractivity contribution in [3.63, 3.8) is 0 Å². The minimum atomic E-state index is -0.803. The molecule has 1 saturated heterocycles. The number of carbonyl (C=O) groups is 3. The fourth-order valence-electron chi connectivity index (χ4n) is 4.60. The Bertz CT molecular complexity index is 851. The third kappa shape index (κ3) is 3.97. The number of fused-ring (bicyclic) bond motifs is 3. The van der Waals surface area contributed by atoms with Gasteiger partial charge in [0.1, 0.15) is 18.8 Å². The van der Waals surface area contributed by atoms with E-state index in [1.165, 1.54) is 13.0 Å². The molecule has 1 heterocycles. The van der Waals surface area contributed by atoms with Crippen LogP contribution < -0.4 is 0 Å². The fourth-order valence-corrected chi connectivity index (χ4v) is 4.60. The number of hydrogen-bond donors (Lipinski definition) is 2. The highest BCUT2D eigenvalue weighted by Gasteiger charge is 2.56. The van der Waals surface area contributed by atoms with Crippen molar-refractivity contribution in [2.45, 2.75) is 38.6 Å². The lowest BCUT2D eigenvalue weighted by atomic mass is 9.79. The Labute approximate surface area is 174 Å². The molecule has 2 fully saturated rings. The molecular weight excluding hydrogens is 392 g/mol. The highest BCUT2D eigenvalue weighted by molar-refractivity contribution is 5.92. The number of carbonyl (C=O) groups excluding carboxylic acids is 3. The van der Waals surface area contributed by atoms with Crippen LogP contribution in [0.1, 0.15) is 20.3 Å². The molecule has 8 heteroatoms. The van der Waals surface area contributed by atoms with Crippen molar-refractivity contribution in [1.29, 1.82) is 0 Å². The van der Waals surface area contributed by atoms with E-state index in [0.29, 0.717) is 5.57 Å². The summed E-state index contributed by atoms with van der Waals surface area (Å²) < 4.78 is 16.0. The Balaban J connectivity index is 1.87. The summed E-state index contributed by atoms with van der Waals surface area (Å²) in [7, 11) is 0. The molecule has 0 radical (unpaired) electrons. The Hall–Kier alpha value is -2.71. The van der Waals surface area contributed by atoms with Crippen molar-refractivity contribution in [2.24, 2.45) is 17.8 Å². The number of aliphatic hydroxyl groups is 2. The Morgan fingerprint density at radius 2 is 2.00 bits per heavy atom. The predicted molar refractivity (Wildman–Crippen MR) is 105 cm³/mol. The summed E-state index contributed by atoms with van der Waals surface area (Å²) in [5.74, 6) is -3.10. The van der Waals surface area contributed by atoms with Crippen LogP contribution in [0.3, 0.4) is 0 Å². The second-order valence-electron chi connectivity index (χ2n) is 7.87. The van der Waals surface area contributed by atoms with Gasteiger partial charge in [0.2, 0.25) is 0 Å². The van der Waals surface area contributed by atoms with Crippen molar-refractivity contribution in [3.8, 4) is 0 Å². The van der Waals surface area contributed by atoms with Gasteiger partial charge in [-0.3, -0.25) is 4.79 Å². The Morgan fingerprint density at radius 3 is 2.63 bits per heavy atom. The second-order valence-corrected chi connectivity index (χ2v) is 7.87. The van der Waals surface area contributed by atoms with Gasteiger partial charge in [-0.15, -0.1) is 0 Å². The van der Waals surface area contributed by atoms with Crippen molar-refractivity contribution in [1.82, 2.24) is 0 Å². The van der Waals surface area contributed by atoms with E-state index in [1.54, 1.807) is 6.08 Å². The number of aliphatic hydroxyl groups excluding tert-OH is 2. The molecule has 0 aromatic heterocycles. The van der Waals surface area contributed by atoms with E-state index in [2.05, 4.69) is 13.2 Å². The lowest BCUT2D eigenvalue weighted by Crippen LogP contribution is -2.37. The number of ether oxygens (including phenoxy) is 3. The van der Waals surface area contributed by atoms with Crippen LogP contribution in [-0.2, 0) is 28.6 Å². The van der Waals surface area contributed by atoms with E-state index in [-0.39, 0.29) is 36.0 Å². The molecule has 3 aliphatic rings. The van der Waals surface area contributed by atoms with Gasteiger partial charge < -0.3 is 24.4 Å². The molecule has 6 unspecified atom stereocenters. The number of esters is 3. The largest absolute Gasteiger partial charge is 0.462 e. The van der Waals surface area contributed by atoms with Crippen LogP contribution in [0.25, 0.3) is 0 Å². The first-order valence-electron chi connectivity index (χ1n) is 9.73. The van der Waals surface area contributed by atoms with Gasteiger partial charge in [-0.05, 0) is 13.0 Å². The summed E-state index contributed by atoms with van der Waals surface area (Å²) in [5.41, 5.74) is 1.70. The summed E-state index contributed by atoms with van der Waals surface area (Å²) in [6.45, 7) is 10.2. The molecule has 0 spiro atoms. The van der Waals surface area contributed by atoms with Crippen LogP contribution in [0.15, 0.2) is 47.6 Å². The minimum absolute atomic E-state index is 0.0742. The zero-order chi connectivity index (χ0) is 22.2. The highest BCUT2D eigenvalue weighted by Crippen LogP contribution is 2.51. The second kappa shape index (κ2) is 8.57. The highest BCUT2D eigenvalue weighted by atomic mass is 16.6. The Morgan fingerprint density at radius 1 is 1.30 bits per heavy atom. The van der Waals surface area contributed by atoms with E-state index in [9.17, 15) is 24.6 Å². The van der Waals surface area contributed by atoms with Gasteiger partial charge >= 0.3 is 17.9 Å². The fraction of sp³-hybridized carbons (Fsp3) is 0.500. The minimum Gasteiger partial charge on any atom is -0.462 e. The van der Waals surface area contributed by atoms with Gasteiger partial charge in [-0.25, -0.2) is 9.59 Å². The van der Waals surface area contributed by atoms with Gasteiger partial charge in [0.05, 0.1) is 24.2 Å². The van der Waals surface area contributed by atoms with E-state index in [1.807, 2.05) is 6.92 Å². The smallest absolute Gasteiger partial charge is 0.336 e. The zero-order valence-corrected chi connectivity index (χ0v) is 17.0. The zero-order valence-electron chi connectivity index (χ0n) is 17.0. The summed E-state index contributed by atoms with van der Waals surface area (Å²) in [6.07, 6.45) is 1.02. The quantitative estimate of drug-likeness (QED) is 0.294. The lowest BCUT2D eigenvalue weighted by Gasteiger charge is -2.29. The van der Waals surface area contributed by atoms with Crippen LogP contribution in [-0.4, -0.2) is 59.6 Å². The summed E-state index contributed by atoms with van der Waals surface area (Å²) in [4.78, 5) is 35.8. The van der Waals surface area contributed by atoms with E-state index in [0.717, 1.165) is 5.57 Å². The van der Waals surface area contributed by atoms with Crippen molar-refractivity contribution < 1.29 is 38.8 Å². The standard InChI is InChI=1S/C22H26O8/c1-10-7-15(25)17-11(2)8-16(19-12(3)21(26)30-20(19)18(10)17)29-22(27)14(9-23)5-6-28-13(4)24/h5,7,15-20,23,25H,2-3,6,8-9H2,1,4H3. The molecule has 6 atom stereocenters. The molecule has 162 valence electrons. The molecule has 0 aromatic carbocycles. The summed E-state index contributed by atoms with van der Waals surface area (Å²) in [5, 5.41) is 20.0. The van der Waals surface area contributed by atoms with Crippen LogP contribution in [0.2, 0.25) is 0 Å². The average molecular weight is 418 g/mol. The molecule has 2 N–H and O–H groups in total. The van der Waals surface area contributed by atoms with E-state index >= 15 is 0 Å². The molecule has 1 aliphatic heterocycles. The average Bonchev–Trinajstić information content (AvgIpc) is 3.08. The molecule has 3 rings (SSSR count). The molecule has 8 nitrogen and oxygen atoms in total. The first-order valence-corrected chi connectivity index (χ1v) is 9.73. The van der Waals surface area contributed by atoms with Crippen LogP contribution in [0, 0.1) is 17.8 Å². The summed E-state index contributed by atoms with van der Waals surface area (Å²) >= 11 is 0. The monoisotopic (exact) mass is 418 g/mol. The molecule has 0 bridgehead atoms. The lowest BCUT2D eigenvalue weighted by molar-refractivity contribution is -0.149. The van der Waals surface area contributed by atoms with Gasteiger partial charge in [-0.1, -0.05) is 30.4 Å². The van der Waals surface area contributed by atoms with Gasteiger partial charge in [0, 0.05) is 30.8 Å². The van der Waals surface area contributed by atoms with Gasteiger partial charge in [0.25, 0.3) is 0 Å². The number of rotatable bonds is 5. The predicted octanol–water partition coefficient (Wildman–Crippen LogP) is 0.991. The van der Waals surface area contributed by atoms with Crippen molar-refractivity contribution >= 4 is 17.9 Å². The molecular formula is C22H26O8. The molecule has 0 amide bonds. The number of hydrogen-bond acceptors (Lipinski definition) is 8. The SMILES string of the molecule is C=C1C(=O)OC2C1C(OC(=O)C(=CCOC(C)=O)CO)CC(=C)C1C(O)C=C(C)C21. The van der Waals surface area contributed by atoms with Gasteiger partial charge in [-0.2, -0.15) is 0 Å². The molecule has 2 aliphatic carbocycles. The maximum Gasteiger partial charge on any atom is 0.336 e. The van der Waals surface area contributed by atoms with Crippen molar-refractivity contribution in [3.05, 3.63) is 47.6 Å². The van der Waals surface area contributed by atoms with Crippen molar-refractivity contribution in [2.75, 3.05) is 13.2 Å². The maximum absolute atomic E-state index is 12.7. The Kier molecular flexibility index (Phi) is 6.28. The van der Waals surface area contributed by atoms with Crippen LogP contribution >= 0.6 is 0 Å².